The lowest BCUT2D eigenvalue weighted by molar-refractivity contribution is 0.0870. The number of methoxy groups -OCH3 is 1. The minimum absolute atomic E-state index is 0.404. The number of para-hydroxylation sites is 1. The first kappa shape index (κ1) is 12.4. The Kier molecular flexibility index (Phi) is 4.40. The van der Waals surface area contributed by atoms with Crippen molar-refractivity contribution in [1.82, 2.24) is 4.90 Å². The van der Waals surface area contributed by atoms with Crippen molar-refractivity contribution >= 4 is 0 Å². The largest absolute Gasteiger partial charge is 0.508 e. The van der Waals surface area contributed by atoms with Crippen LogP contribution in [0.2, 0.25) is 0 Å². The SMILES string of the molecule is COCC1CCCN(Cc2ccccc2O)C1. The zero-order valence-corrected chi connectivity index (χ0v) is 10.4. The van der Waals surface area contributed by atoms with Gasteiger partial charge in [-0.15, -0.1) is 0 Å². The summed E-state index contributed by atoms with van der Waals surface area (Å²) in [5, 5.41) is 9.76. The standard InChI is InChI=1S/C14H21NO2/c1-17-11-12-5-4-8-15(9-12)10-13-6-2-3-7-14(13)16/h2-3,6-7,12,16H,4-5,8-11H2,1H3. The molecule has 1 aliphatic heterocycles. The van der Waals surface area contributed by atoms with Gasteiger partial charge in [-0.1, -0.05) is 18.2 Å². The molecule has 3 nitrogen and oxygen atoms in total. The summed E-state index contributed by atoms with van der Waals surface area (Å²) in [6.07, 6.45) is 2.48. The van der Waals surface area contributed by atoms with Crippen LogP contribution in [0.3, 0.4) is 0 Å². The van der Waals surface area contributed by atoms with E-state index >= 15 is 0 Å². The van der Waals surface area contributed by atoms with Crippen LogP contribution in [-0.4, -0.2) is 36.8 Å². The number of likely N-dealkylation sites (tertiary alicyclic amines) is 1. The van der Waals surface area contributed by atoms with Crippen LogP contribution in [0, 0.1) is 5.92 Å². The molecule has 1 fully saturated rings. The maximum absolute atomic E-state index is 9.76. The minimum atomic E-state index is 0.404. The molecule has 1 unspecified atom stereocenters. The van der Waals surface area contributed by atoms with Crippen LogP contribution in [0.5, 0.6) is 5.75 Å². The average Bonchev–Trinajstić information content (AvgIpc) is 2.33. The molecule has 0 aromatic heterocycles. The fourth-order valence-corrected chi connectivity index (χ4v) is 2.55. The lowest BCUT2D eigenvalue weighted by Crippen LogP contribution is -2.36. The molecule has 1 aromatic rings. The van der Waals surface area contributed by atoms with Crippen LogP contribution in [-0.2, 0) is 11.3 Å². The third-order valence-electron chi connectivity index (χ3n) is 3.39. The molecule has 1 aliphatic rings. The van der Waals surface area contributed by atoms with Gasteiger partial charge in [0.1, 0.15) is 5.75 Å². The summed E-state index contributed by atoms with van der Waals surface area (Å²) in [6, 6.07) is 7.59. The molecule has 1 saturated heterocycles. The molecule has 1 atom stereocenters. The van der Waals surface area contributed by atoms with Crippen molar-refractivity contribution in [1.29, 1.82) is 0 Å². The smallest absolute Gasteiger partial charge is 0.120 e. The molecule has 17 heavy (non-hydrogen) atoms. The number of phenolic OH excluding ortho intramolecular Hbond substituents is 1. The van der Waals surface area contributed by atoms with Crippen molar-refractivity contribution in [2.45, 2.75) is 19.4 Å². The van der Waals surface area contributed by atoms with Gasteiger partial charge in [0, 0.05) is 25.8 Å². The predicted octanol–water partition coefficient (Wildman–Crippen LogP) is 2.25. The molecule has 1 N–H and O–H groups in total. The maximum atomic E-state index is 9.76. The van der Waals surface area contributed by atoms with Crippen molar-refractivity contribution in [3.05, 3.63) is 29.8 Å². The van der Waals surface area contributed by atoms with E-state index in [2.05, 4.69) is 4.90 Å². The van der Waals surface area contributed by atoms with Crippen LogP contribution >= 0.6 is 0 Å². The Balaban J connectivity index is 1.92. The highest BCUT2D eigenvalue weighted by molar-refractivity contribution is 5.31. The van der Waals surface area contributed by atoms with Crippen molar-refractivity contribution in [3.63, 3.8) is 0 Å². The van der Waals surface area contributed by atoms with Crippen molar-refractivity contribution in [2.75, 3.05) is 26.8 Å². The topological polar surface area (TPSA) is 32.7 Å². The summed E-state index contributed by atoms with van der Waals surface area (Å²) in [5.74, 6) is 1.04. The van der Waals surface area contributed by atoms with E-state index in [1.807, 2.05) is 18.2 Å². The van der Waals surface area contributed by atoms with Gasteiger partial charge in [0.25, 0.3) is 0 Å². The van der Waals surface area contributed by atoms with Crippen molar-refractivity contribution in [2.24, 2.45) is 5.92 Å². The quantitative estimate of drug-likeness (QED) is 0.869. The van der Waals surface area contributed by atoms with E-state index in [4.69, 9.17) is 4.74 Å². The van der Waals surface area contributed by atoms with Crippen molar-refractivity contribution < 1.29 is 9.84 Å². The van der Waals surface area contributed by atoms with Gasteiger partial charge >= 0.3 is 0 Å². The minimum Gasteiger partial charge on any atom is -0.508 e. The molecule has 1 aromatic carbocycles. The molecule has 3 heteroatoms. The zero-order valence-electron chi connectivity index (χ0n) is 10.4. The van der Waals surface area contributed by atoms with Crippen LogP contribution in [0.4, 0.5) is 0 Å². The zero-order chi connectivity index (χ0) is 12.1. The number of hydrogen-bond donors (Lipinski definition) is 1. The van der Waals surface area contributed by atoms with Gasteiger partial charge in [0.15, 0.2) is 0 Å². The number of aromatic hydroxyl groups is 1. The Hall–Kier alpha value is -1.06. The van der Waals surface area contributed by atoms with Gasteiger partial charge in [-0.3, -0.25) is 4.90 Å². The van der Waals surface area contributed by atoms with Crippen molar-refractivity contribution in [3.8, 4) is 5.75 Å². The molecule has 0 saturated carbocycles. The summed E-state index contributed by atoms with van der Waals surface area (Å²) in [4.78, 5) is 2.41. The van der Waals surface area contributed by atoms with Crippen LogP contribution in [0.25, 0.3) is 0 Å². The predicted molar refractivity (Wildman–Crippen MR) is 68.0 cm³/mol. The first-order valence-electron chi connectivity index (χ1n) is 6.27. The van der Waals surface area contributed by atoms with Gasteiger partial charge in [-0.05, 0) is 31.4 Å². The summed E-state index contributed by atoms with van der Waals surface area (Å²) in [6.45, 7) is 3.88. The van der Waals surface area contributed by atoms with Gasteiger partial charge in [0.2, 0.25) is 0 Å². The second kappa shape index (κ2) is 6.03. The Bertz CT molecular complexity index is 352. The van der Waals surface area contributed by atoms with E-state index in [1.165, 1.54) is 12.8 Å². The second-order valence-corrected chi connectivity index (χ2v) is 4.83. The summed E-state index contributed by atoms with van der Waals surface area (Å²) in [7, 11) is 1.77. The van der Waals surface area contributed by atoms with E-state index < -0.39 is 0 Å². The molecular formula is C14H21NO2. The van der Waals surface area contributed by atoms with E-state index in [1.54, 1.807) is 13.2 Å². The van der Waals surface area contributed by atoms with Crippen LogP contribution in [0.15, 0.2) is 24.3 Å². The molecule has 0 aliphatic carbocycles. The second-order valence-electron chi connectivity index (χ2n) is 4.83. The summed E-state index contributed by atoms with van der Waals surface area (Å²) >= 11 is 0. The Morgan fingerprint density at radius 1 is 1.41 bits per heavy atom. The lowest BCUT2D eigenvalue weighted by Gasteiger charge is -2.32. The van der Waals surface area contributed by atoms with Gasteiger partial charge in [-0.25, -0.2) is 0 Å². The maximum Gasteiger partial charge on any atom is 0.120 e. The number of benzene rings is 1. The molecule has 1 heterocycles. The number of piperidine rings is 1. The lowest BCUT2D eigenvalue weighted by atomic mass is 9.98. The Morgan fingerprint density at radius 2 is 2.24 bits per heavy atom. The molecule has 2 rings (SSSR count). The Labute approximate surface area is 103 Å². The van der Waals surface area contributed by atoms with E-state index in [0.717, 1.165) is 31.8 Å². The van der Waals surface area contributed by atoms with Crippen LogP contribution in [0.1, 0.15) is 18.4 Å². The number of hydrogen-bond acceptors (Lipinski definition) is 3. The number of phenols is 1. The molecule has 0 amide bonds. The first-order chi connectivity index (χ1) is 8.29. The molecule has 94 valence electrons. The fourth-order valence-electron chi connectivity index (χ4n) is 2.55. The van der Waals surface area contributed by atoms with Gasteiger partial charge in [-0.2, -0.15) is 0 Å². The van der Waals surface area contributed by atoms with E-state index in [-0.39, 0.29) is 0 Å². The normalized spacial score (nSPS) is 21.6. The number of rotatable bonds is 4. The highest BCUT2D eigenvalue weighted by Gasteiger charge is 2.20. The van der Waals surface area contributed by atoms with E-state index in [9.17, 15) is 5.11 Å². The molecule has 0 radical (unpaired) electrons. The third-order valence-corrected chi connectivity index (χ3v) is 3.39. The van der Waals surface area contributed by atoms with Crippen LogP contribution < -0.4 is 0 Å². The fraction of sp³-hybridized carbons (Fsp3) is 0.571. The first-order valence-corrected chi connectivity index (χ1v) is 6.27. The number of ether oxygens (including phenoxy) is 1. The summed E-state index contributed by atoms with van der Waals surface area (Å²) < 4.78 is 5.23. The highest BCUT2D eigenvalue weighted by Crippen LogP contribution is 2.22. The molecule has 0 bridgehead atoms. The van der Waals surface area contributed by atoms with E-state index in [0.29, 0.717) is 11.7 Å². The van der Waals surface area contributed by atoms with Gasteiger partial charge in [0.05, 0.1) is 6.61 Å². The highest BCUT2D eigenvalue weighted by atomic mass is 16.5. The monoisotopic (exact) mass is 235 g/mol. The summed E-state index contributed by atoms with van der Waals surface area (Å²) in [5.41, 5.74) is 1.02. The average molecular weight is 235 g/mol. The third kappa shape index (κ3) is 3.45. The van der Waals surface area contributed by atoms with Gasteiger partial charge < -0.3 is 9.84 Å². The molecular weight excluding hydrogens is 214 g/mol. The Morgan fingerprint density at radius 3 is 3.00 bits per heavy atom. The molecule has 0 spiro atoms. The number of nitrogens with zero attached hydrogens (tertiary/aromatic N) is 1.